The smallest absolute Gasteiger partial charge is 0.128 e. The van der Waals surface area contributed by atoms with E-state index in [1.807, 2.05) is 19.2 Å². The monoisotopic (exact) mass is 282 g/mol. The molecule has 0 saturated carbocycles. The van der Waals surface area contributed by atoms with Crippen LogP contribution in [0.3, 0.4) is 0 Å². The second kappa shape index (κ2) is 7.08. The van der Waals surface area contributed by atoms with E-state index in [0.29, 0.717) is 6.54 Å². The number of likely N-dealkylation sites (tertiary alicyclic amines) is 1. The Morgan fingerprint density at radius 1 is 1.37 bits per heavy atom. The number of aromatic nitrogens is 1. The van der Waals surface area contributed by atoms with Crippen molar-refractivity contribution in [2.75, 3.05) is 45.2 Å². The summed E-state index contributed by atoms with van der Waals surface area (Å²) < 4.78 is 0. The molecular formula is C14H23ClN4. The van der Waals surface area contributed by atoms with Crippen molar-refractivity contribution in [2.45, 2.75) is 19.4 Å². The summed E-state index contributed by atoms with van der Waals surface area (Å²) in [6, 6.07) is 3.92. The number of likely N-dealkylation sites (N-methyl/N-ethyl adjacent to an activating group) is 1. The van der Waals surface area contributed by atoms with E-state index < -0.39 is 0 Å². The number of hydrogen-bond donors (Lipinski definition) is 1. The maximum absolute atomic E-state index is 6.13. The van der Waals surface area contributed by atoms with Gasteiger partial charge in [-0.15, -0.1) is 0 Å². The highest BCUT2D eigenvalue weighted by Gasteiger charge is 2.13. The average molecular weight is 283 g/mol. The fourth-order valence-corrected chi connectivity index (χ4v) is 2.56. The molecule has 0 aliphatic carbocycles. The van der Waals surface area contributed by atoms with Gasteiger partial charge in [0.2, 0.25) is 0 Å². The van der Waals surface area contributed by atoms with E-state index in [1.54, 1.807) is 0 Å². The molecule has 1 fully saturated rings. The SMILES string of the molecule is CNCc1nc(N(C)CCN2CCCC2)ccc1Cl. The van der Waals surface area contributed by atoms with Crippen molar-refractivity contribution in [3.8, 4) is 0 Å². The highest BCUT2D eigenvalue weighted by atomic mass is 35.5. The molecular weight excluding hydrogens is 260 g/mol. The van der Waals surface area contributed by atoms with Crippen molar-refractivity contribution in [2.24, 2.45) is 0 Å². The number of anilines is 1. The quantitative estimate of drug-likeness (QED) is 0.865. The lowest BCUT2D eigenvalue weighted by atomic mass is 10.3. The summed E-state index contributed by atoms with van der Waals surface area (Å²) in [5, 5.41) is 3.82. The molecule has 4 nitrogen and oxygen atoms in total. The largest absolute Gasteiger partial charge is 0.358 e. The van der Waals surface area contributed by atoms with Crippen molar-refractivity contribution in [1.82, 2.24) is 15.2 Å². The van der Waals surface area contributed by atoms with Crippen molar-refractivity contribution >= 4 is 17.4 Å². The van der Waals surface area contributed by atoms with Crippen LogP contribution < -0.4 is 10.2 Å². The van der Waals surface area contributed by atoms with Gasteiger partial charge in [-0.2, -0.15) is 0 Å². The van der Waals surface area contributed by atoms with Crippen molar-refractivity contribution in [3.63, 3.8) is 0 Å². The molecule has 0 spiro atoms. The van der Waals surface area contributed by atoms with E-state index in [0.717, 1.165) is 29.6 Å². The Labute approximate surface area is 120 Å². The summed E-state index contributed by atoms with van der Waals surface area (Å²) in [6.07, 6.45) is 2.68. The summed E-state index contributed by atoms with van der Waals surface area (Å²) in [4.78, 5) is 9.34. The van der Waals surface area contributed by atoms with Gasteiger partial charge in [-0.05, 0) is 45.1 Å². The van der Waals surface area contributed by atoms with Crippen molar-refractivity contribution in [1.29, 1.82) is 0 Å². The van der Waals surface area contributed by atoms with Crippen LogP contribution in [0, 0.1) is 0 Å². The molecule has 0 radical (unpaired) electrons. The van der Waals surface area contributed by atoms with Gasteiger partial charge in [0.05, 0.1) is 10.7 Å². The molecule has 1 aromatic rings. The second-order valence-electron chi connectivity index (χ2n) is 5.10. The fourth-order valence-electron chi connectivity index (χ4n) is 2.39. The van der Waals surface area contributed by atoms with Gasteiger partial charge in [-0.1, -0.05) is 11.6 Å². The first-order chi connectivity index (χ1) is 9.20. The first kappa shape index (κ1) is 14.6. The first-order valence-corrected chi connectivity index (χ1v) is 7.32. The zero-order valence-corrected chi connectivity index (χ0v) is 12.6. The molecule has 0 aromatic carbocycles. The molecule has 0 unspecified atom stereocenters. The summed E-state index contributed by atoms with van der Waals surface area (Å²) in [6.45, 7) is 5.31. The van der Waals surface area contributed by atoms with E-state index >= 15 is 0 Å². The third-order valence-electron chi connectivity index (χ3n) is 3.59. The number of nitrogens with one attached hydrogen (secondary N) is 1. The Hall–Kier alpha value is -0.840. The maximum Gasteiger partial charge on any atom is 0.128 e. The third-order valence-corrected chi connectivity index (χ3v) is 3.93. The predicted molar refractivity (Wildman–Crippen MR) is 81.0 cm³/mol. The molecule has 5 heteroatoms. The van der Waals surface area contributed by atoms with Crippen LogP contribution in [0.5, 0.6) is 0 Å². The minimum absolute atomic E-state index is 0.701. The van der Waals surface area contributed by atoms with Crippen LogP contribution in [0.1, 0.15) is 18.5 Å². The molecule has 106 valence electrons. The average Bonchev–Trinajstić information content (AvgIpc) is 2.92. The molecule has 1 saturated heterocycles. The van der Waals surface area contributed by atoms with Gasteiger partial charge < -0.3 is 15.1 Å². The van der Waals surface area contributed by atoms with Gasteiger partial charge in [0.15, 0.2) is 0 Å². The van der Waals surface area contributed by atoms with Gasteiger partial charge in [0, 0.05) is 26.7 Å². The van der Waals surface area contributed by atoms with Crippen LogP contribution in [-0.2, 0) is 6.54 Å². The topological polar surface area (TPSA) is 31.4 Å². The number of nitrogens with zero attached hydrogens (tertiary/aromatic N) is 3. The highest BCUT2D eigenvalue weighted by Crippen LogP contribution is 2.18. The van der Waals surface area contributed by atoms with E-state index in [-0.39, 0.29) is 0 Å². The number of pyridine rings is 1. The van der Waals surface area contributed by atoms with Crippen LogP contribution >= 0.6 is 11.6 Å². The Kier molecular flexibility index (Phi) is 5.43. The maximum atomic E-state index is 6.13. The van der Waals surface area contributed by atoms with Gasteiger partial charge >= 0.3 is 0 Å². The molecule has 1 aliphatic rings. The Morgan fingerprint density at radius 2 is 2.11 bits per heavy atom. The van der Waals surface area contributed by atoms with Gasteiger partial charge in [-0.3, -0.25) is 0 Å². The summed E-state index contributed by atoms with van der Waals surface area (Å²) >= 11 is 6.13. The van der Waals surface area contributed by atoms with Gasteiger partial charge in [-0.25, -0.2) is 4.98 Å². The van der Waals surface area contributed by atoms with Crippen LogP contribution in [0.4, 0.5) is 5.82 Å². The second-order valence-corrected chi connectivity index (χ2v) is 5.51. The highest BCUT2D eigenvalue weighted by molar-refractivity contribution is 6.31. The first-order valence-electron chi connectivity index (χ1n) is 6.94. The van der Waals surface area contributed by atoms with Crippen LogP contribution in [-0.4, -0.2) is 50.2 Å². The van der Waals surface area contributed by atoms with Gasteiger partial charge in [0.25, 0.3) is 0 Å². The number of rotatable bonds is 6. The van der Waals surface area contributed by atoms with Crippen LogP contribution in [0.25, 0.3) is 0 Å². The molecule has 1 aliphatic heterocycles. The van der Waals surface area contributed by atoms with Crippen LogP contribution in [0.15, 0.2) is 12.1 Å². The van der Waals surface area contributed by atoms with Gasteiger partial charge in [0.1, 0.15) is 5.82 Å². The van der Waals surface area contributed by atoms with E-state index in [1.165, 1.54) is 25.9 Å². The lowest BCUT2D eigenvalue weighted by molar-refractivity contribution is 0.346. The fraction of sp³-hybridized carbons (Fsp3) is 0.643. The van der Waals surface area contributed by atoms with E-state index in [2.05, 4.69) is 27.1 Å². The minimum Gasteiger partial charge on any atom is -0.358 e. The molecule has 19 heavy (non-hydrogen) atoms. The summed E-state index contributed by atoms with van der Waals surface area (Å²) in [7, 11) is 4.00. The lowest BCUT2D eigenvalue weighted by Crippen LogP contribution is -2.31. The van der Waals surface area contributed by atoms with Crippen LogP contribution in [0.2, 0.25) is 5.02 Å². The zero-order valence-electron chi connectivity index (χ0n) is 11.8. The minimum atomic E-state index is 0.701. The summed E-state index contributed by atoms with van der Waals surface area (Å²) in [5.74, 6) is 0.994. The molecule has 0 amide bonds. The zero-order chi connectivity index (χ0) is 13.7. The predicted octanol–water partition coefficient (Wildman–Crippen LogP) is 1.99. The lowest BCUT2D eigenvalue weighted by Gasteiger charge is -2.23. The number of halogens is 1. The Morgan fingerprint density at radius 3 is 2.79 bits per heavy atom. The van der Waals surface area contributed by atoms with E-state index in [4.69, 9.17) is 11.6 Å². The number of hydrogen-bond acceptors (Lipinski definition) is 4. The summed E-state index contributed by atoms with van der Waals surface area (Å²) in [5.41, 5.74) is 0.912. The molecule has 1 N–H and O–H groups in total. The Bertz CT molecular complexity index is 404. The third kappa shape index (κ3) is 4.06. The van der Waals surface area contributed by atoms with E-state index in [9.17, 15) is 0 Å². The van der Waals surface area contributed by atoms with Crippen molar-refractivity contribution < 1.29 is 0 Å². The standard InChI is InChI=1S/C14H23ClN4/c1-16-11-13-12(15)5-6-14(17-13)18(2)9-10-19-7-3-4-8-19/h5-6,16H,3-4,7-11H2,1-2H3. The molecule has 2 heterocycles. The molecule has 2 rings (SSSR count). The molecule has 0 bridgehead atoms. The Balaban J connectivity index is 1.93. The molecule has 1 aromatic heterocycles. The molecule has 0 atom stereocenters. The van der Waals surface area contributed by atoms with Crippen molar-refractivity contribution in [3.05, 3.63) is 22.8 Å². The normalized spacial score (nSPS) is 15.9.